The van der Waals surface area contributed by atoms with Crippen LogP contribution in [-0.2, 0) is 19.6 Å². The van der Waals surface area contributed by atoms with Gasteiger partial charge in [0.2, 0.25) is 0 Å². The van der Waals surface area contributed by atoms with Crippen LogP contribution in [-0.4, -0.2) is 33.6 Å². The minimum absolute atomic E-state index is 0.0342. The molecule has 2 aromatic rings. The van der Waals surface area contributed by atoms with Crippen LogP contribution in [0.4, 0.5) is 16.2 Å². The second-order valence-electron chi connectivity index (χ2n) is 6.26. The standard InChI is InChI=1S/C19H20N2O5S/c1-4-26-18(22)12-20-16-7-5-6-8-17(16)27(24,25)21(19(20)23)15-10-13(2)9-14(3)11-15/h5-11H,4,12H2,1-3H3. The molecule has 3 rings (SSSR count). The Morgan fingerprint density at radius 2 is 1.70 bits per heavy atom. The van der Waals surface area contributed by atoms with Crippen LogP contribution < -0.4 is 9.21 Å². The van der Waals surface area contributed by atoms with Gasteiger partial charge in [-0.25, -0.2) is 13.2 Å². The number of hydrogen-bond donors (Lipinski definition) is 0. The zero-order valence-electron chi connectivity index (χ0n) is 15.3. The summed E-state index contributed by atoms with van der Waals surface area (Å²) >= 11 is 0. The van der Waals surface area contributed by atoms with Crippen LogP contribution in [0.3, 0.4) is 0 Å². The van der Waals surface area contributed by atoms with Crippen molar-refractivity contribution in [3.8, 4) is 0 Å². The molecule has 1 aliphatic heterocycles. The maximum atomic E-state index is 13.2. The molecule has 0 N–H and O–H groups in total. The van der Waals surface area contributed by atoms with Crippen molar-refractivity contribution in [3.05, 3.63) is 53.6 Å². The second kappa shape index (κ2) is 7.03. The lowest BCUT2D eigenvalue weighted by molar-refractivity contribution is -0.141. The van der Waals surface area contributed by atoms with Gasteiger partial charge in [0.1, 0.15) is 11.4 Å². The van der Waals surface area contributed by atoms with Crippen molar-refractivity contribution in [2.24, 2.45) is 0 Å². The molecule has 7 nitrogen and oxygen atoms in total. The number of esters is 1. The Hall–Kier alpha value is -2.87. The van der Waals surface area contributed by atoms with Gasteiger partial charge in [-0.05, 0) is 56.2 Å². The summed E-state index contributed by atoms with van der Waals surface area (Å²) in [6, 6.07) is 10.4. The number of nitrogens with zero attached hydrogens (tertiary/aromatic N) is 2. The first-order valence-corrected chi connectivity index (χ1v) is 9.89. The first-order chi connectivity index (χ1) is 12.8. The van der Waals surface area contributed by atoms with E-state index in [0.29, 0.717) is 0 Å². The van der Waals surface area contributed by atoms with Crippen LogP contribution in [0.25, 0.3) is 0 Å². The smallest absolute Gasteiger partial charge is 0.343 e. The fraction of sp³-hybridized carbons (Fsp3) is 0.263. The highest BCUT2D eigenvalue weighted by Crippen LogP contribution is 2.37. The number of fused-ring (bicyclic) bond motifs is 1. The maximum absolute atomic E-state index is 13.2. The summed E-state index contributed by atoms with van der Waals surface area (Å²) in [5, 5.41) is 0. The van der Waals surface area contributed by atoms with Crippen molar-refractivity contribution in [2.75, 3.05) is 22.4 Å². The van der Waals surface area contributed by atoms with Gasteiger partial charge >= 0.3 is 12.0 Å². The number of aryl methyl sites for hydroxylation is 2. The van der Waals surface area contributed by atoms with Crippen molar-refractivity contribution < 1.29 is 22.7 Å². The summed E-state index contributed by atoms with van der Waals surface area (Å²) in [6.07, 6.45) is 0. The molecule has 2 amide bonds. The summed E-state index contributed by atoms with van der Waals surface area (Å²) in [4.78, 5) is 26.2. The van der Waals surface area contributed by atoms with Gasteiger partial charge in [-0.1, -0.05) is 18.2 Å². The van der Waals surface area contributed by atoms with Crippen LogP contribution in [0.5, 0.6) is 0 Å². The average molecular weight is 388 g/mol. The lowest BCUT2D eigenvalue weighted by atomic mass is 10.1. The van der Waals surface area contributed by atoms with Crippen molar-refractivity contribution in [2.45, 2.75) is 25.7 Å². The molecule has 0 aliphatic carbocycles. The Kier molecular flexibility index (Phi) is 4.93. The van der Waals surface area contributed by atoms with Gasteiger partial charge in [0.15, 0.2) is 0 Å². The summed E-state index contributed by atoms with van der Waals surface area (Å²) < 4.78 is 32.0. The van der Waals surface area contributed by atoms with E-state index < -0.39 is 22.0 Å². The van der Waals surface area contributed by atoms with E-state index in [1.165, 1.54) is 12.1 Å². The average Bonchev–Trinajstić information content (AvgIpc) is 2.58. The van der Waals surface area contributed by atoms with Crippen molar-refractivity contribution >= 4 is 33.4 Å². The molecule has 0 saturated heterocycles. The van der Waals surface area contributed by atoms with Crippen LogP contribution in [0, 0.1) is 13.8 Å². The molecule has 0 unspecified atom stereocenters. The van der Waals surface area contributed by atoms with E-state index in [0.717, 1.165) is 20.3 Å². The number of rotatable bonds is 4. The number of carbonyl (C=O) groups excluding carboxylic acids is 2. The van der Waals surface area contributed by atoms with Gasteiger partial charge in [-0.3, -0.25) is 9.69 Å². The highest BCUT2D eigenvalue weighted by atomic mass is 32.2. The first kappa shape index (κ1) is 18.9. The third-order valence-corrected chi connectivity index (χ3v) is 5.86. The van der Waals surface area contributed by atoms with E-state index in [9.17, 15) is 18.0 Å². The van der Waals surface area contributed by atoms with Gasteiger partial charge < -0.3 is 4.74 Å². The van der Waals surface area contributed by atoms with Gasteiger partial charge in [-0.15, -0.1) is 0 Å². The highest BCUT2D eigenvalue weighted by Gasteiger charge is 2.43. The number of urea groups is 1. The number of ether oxygens (including phenoxy) is 1. The topological polar surface area (TPSA) is 84.0 Å². The van der Waals surface area contributed by atoms with E-state index in [-0.39, 0.29) is 29.4 Å². The third-order valence-electron chi connectivity index (χ3n) is 4.11. The van der Waals surface area contributed by atoms with Crippen LogP contribution in [0.2, 0.25) is 0 Å². The molecular weight excluding hydrogens is 368 g/mol. The molecule has 8 heteroatoms. The first-order valence-electron chi connectivity index (χ1n) is 8.45. The van der Waals surface area contributed by atoms with Crippen molar-refractivity contribution in [1.82, 2.24) is 0 Å². The van der Waals surface area contributed by atoms with E-state index in [2.05, 4.69) is 0 Å². The summed E-state index contributed by atoms with van der Waals surface area (Å²) in [6.45, 7) is 5.10. The molecule has 0 atom stereocenters. The molecule has 142 valence electrons. The molecule has 0 aromatic heterocycles. The second-order valence-corrected chi connectivity index (χ2v) is 8.01. The molecule has 0 bridgehead atoms. The number of sulfonamides is 1. The molecule has 0 radical (unpaired) electrons. The Morgan fingerprint density at radius 3 is 2.33 bits per heavy atom. The fourth-order valence-corrected chi connectivity index (χ4v) is 4.69. The predicted octanol–water partition coefficient (Wildman–Crippen LogP) is 3.00. The highest BCUT2D eigenvalue weighted by molar-refractivity contribution is 7.94. The van der Waals surface area contributed by atoms with E-state index in [4.69, 9.17) is 4.74 Å². The Balaban J connectivity index is 2.18. The van der Waals surface area contributed by atoms with Crippen LogP contribution in [0.1, 0.15) is 18.1 Å². The molecule has 0 spiro atoms. The SMILES string of the molecule is CCOC(=O)CN1C(=O)N(c2cc(C)cc(C)c2)S(=O)(=O)c2ccccc21. The predicted molar refractivity (Wildman–Crippen MR) is 101 cm³/mol. The summed E-state index contributed by atoms with van der Waals surface area (Å²) in [5.41, 5.74) is 2.05. The summed E-state index contributed by atoms with van der Waals surface area (Å²) in [7, 11) is -4.11. The maximum Gasteiger partial charge on any atom is 0.343 e. The van der Waals surface area contributed by atoms with Crippen LogP contribution >= 0.6 is 0 Å². The molecule has 0 fully saturated rings. The van der Waals surface area contributed by atoms with Crippen molar-refractivity contribution in [3.63, 3.8) is 0 Å². The monoisotopic (exact) mass is 388 g/mol. The number of para-hydroxylation sites is 1. The van der Waals surface area contributed by atoms with Gasteiger partial charge in [-0.2, -0.15) is 4.31 Å². The zero-order chi connectivity index (χ0) is 19.8. The van der Waals surface area contributed by atoms with Crippen molar-refractivity contribution in [1.29, 1.82) is 0 Å². The van der Waals surface area contributed by atoms with E-state index in [1.54, 1.807) is 31.2 Å². The minimum Gasteiger partial charge on any atom is -0.465 e. The Morgan fingerprint density at radius 1 is 1.07 bits per heavy atom. The largest absolute Gasteiger partial charge is 0.465 e. The van der Waals surface area contributed by atoms with Gasteiger partial charge in [0.25, 0.3) is 10.0 Å². The normalized spacial score (nSPS) is 15.4. The molecule has 0 saturated carbocycles. The Labute approximate surface area is 158 Å². The number of hydrogen-bond acceptors (Lipinski definition) is 5. The molecule has 2 aromatic carbocycles. The zero-order valence-corrected chi connectivity index (χ0v) is 16.1. The number of amides is 2. The van der Waals surface area contributed by atoms with Gasteiger partial charge in [0, 0.05) is 0 Å². The quantitative estimate of drug-likeness (QED) is 0.752. The Bertz CT molecular complexity index is 996. The molecule has 1 aliphatic rings. The lowest BCUT2D eigenvalue weighted by Crippen LogP contribution is -2.52. The fourth-order valence-electron chi connectivity index (χ4n) is 3.12. The number of anilines is 2. The lowest BCUT2D eigenvalue weighted by Gasteiger charge is -2.35. The number of carbonyl (C=O) groups is 2. The van der Waals surface area contributed by atoms with E-state index >= 15 is 0 Å². The molecule has 27 heavy (non-hydrogen) atoms. The third kappa shape index (κ3) is 3.40. The minimum atomic E-state index is -4.11. The number of benzene rings is 2. The molecular formula is C19H20N2O5S. The van der Waals surface area contributed by atoms with Crippen LogP contribution in [0.15, 0.2) is 47.4 Å². The molecule has 1 heterocycles. The summed E-state index contributed by atoms with van der Waals surface area (Å²) in [5.74, 6) is -0.611. The van der Waals surface area contributed by atoms with E-state index in [1.807, 2.05) is 19.9 Å². The van der Waals surface area contributed by atoms with Gasteiger partial charge in [0.05, 0.1) is 18.0 Å².